The fraction of sp³-hybridized carbons (Fsp3) is 0.160. The summed E-state index contributed by atoms with van der Waals surface area (Å²) in [5.41, 5.74) is 4.52. The van der Waals surface area contributed by atoms with Crippen LogP contribution >= 0.6 is 23.4 Å². The maximum atomic E-state index is 12.8. The zero-order chi connectivity index (χ0) is 20.7. The number of nitrogens with zero attached hydrogens (tertiary/aromatic N) is 1. The predicted molar refractivity (Wildman–Crippen MR) is 123 cm³/mol. The number of para-hydroxylation sites is 2. The van der Waals surface area contributed by atoms with Crippen LogP contribution < -0.4 is 0 Å². The molecule has 4 aromatic rings. The summed E-state index contributed by atoms with van der Waals surface area (Å²) in [7, 11) is 1.47. The molecule has 0 spiro atoms. The van der Waals surface area contributed by atoms with Gasteiger partial charge in [-0.1, -0.05) is 60.1 Å². The number of carbonyl (C=O) groups excluding carboxylic acids is 1. The molecule has 2 atom stereocenters. The Morgan fingerprint density at radius 1 is 1.00 bits per heavy atom. The number of hydrogen-bond donors (Lipinski definition) is 0. The number of aromatic nitrogens is 1. The molecule has 0 bridgehead atoms. The third-order valence-electron chi connectivity index (χ3n) is 5.73. The minimum Gasteiger partial charge on any atom is -0.469 e. The quantitative estimate of drug-likeness (QED) is 0.355. The molecule has 150 valence electrons. The maximum Gasteiger partial charge on any atom is 0.310 e. The number of hydrogen-bond acceptors (Lipinski definition) is 3. The van der Waals surface area contributed by atoms with Crippen LogP contribution in [0.4, 0.5) is 0 Å². The van der Waals surface area contributed by atoms with Gasteiger partial charge < -0.3 is 9.30 Å². The maximum absolute atomic E-state index is 12.8. The van der Waals surface area contributed by atoms with E-state index in [0.29, 0.717) is 10.8 Å². The third kappa shape index (κ3) is 3.11. The molecule has 5 heteroatoms. The van der Waals surface area contributed by atoms with Gasteiger partial charge in [-0.3, -0.25) is 4.79 Å². The van der Waals surface area contributed by atoms with Crippen molar-refractivity contribution in [2.75, 3.05) is 12.9 Å². The van der Waals surface area contributed by atoms with Crippen LogP contribution in [0.15, 0.2) is 83.9 Å². The monoisotopic (exact) mass is 433 g/mol. The van der Waals surface area contributed by atoms with Gasteiger partial charge >= 0.3 is 5.97 Å². The fourth-order valence-electron chi connectivity index (χ4n) is 4.41. The minimum atomic E-state index is -0.260. The number of ether oxygens (including phenoxy) is 1. The lowest BCUT2D eigenvalue weighted by molar-refractivity contribution is -0.145. The number of halogens is 1. The number of fused-ring (bicyclic) bond motifs is 3. The average molecular weight is 434 g/mol. The molecule has 0 unspecified atom stereocenters. The lowest BCUT2D eigenvalue weighted by atomic mass is 9.81. The highest BCUT2D eigenvalue weighted by atomic mass is 35.5. The van der Waals surface area contributed by atoms with E-state index in [1.54, 1.807) is 11.8 Å². The van der Waals surface area contributed by atoms with E-state index in [-0.39, 0.29) is 17.8 Å². The standard InChI is InChI=1S/C25H20ClNO2S/c1-29-25(28)20-15-30-24-23(22(20)16-11-13-17(26)14-12-16)19-9-5-6-10-21(19)27(24)18-7-3-2-4-8-18/h2-14,20,22H,15H2,1H3/t20-,22+/m0/s1. The summed E-state index contributed by atoms with van der Waals surface area (Å²) in [6.45, 7) is 0. The predicted octanol–water partition coefficient (Wildman–Crippen LogP) is 6.31. The first kappa shape index (κ1) is 19.3. The van der Waals surface area contributed by atoms with E-state index < -0.39 is 0 Å². The Morgan fingerprint density at radius 3 is 2.43 bits per heavy atom. The Kier molecular flexibility index (Phi) is 5.05. The molecule has 0 N–H and O–H groups in total. The third-order valence-corrected chi connectivity index (χ3v) is 7.18. The van der Waals surface area contributed by atoms with E-state index >= 15 is 0 Å². The zero-order valence-electron chi connectivity index (χ0n) is 16.4. The van der Waals surface area contributed by atoms with E-state index in [9.17, 15) is 4.79 Å². The lowest BCUT2D eigenvalue weighted by Crippen LogP contribution is -2.29. The van der Waals surface area contributed by atoms with Crippen molar-refractivity contribution in [3.63, 3.8) is 0 Å². The molecule has 1 aliphatic rings. The molecule has 0 fully saturated rings. The molecule has 2 heterocycles. The van der Waals surface area contributed by atoms with Crippen LogP contribution in [0.1, 0.15) is 17.0 Å². The molecule has 3 nitrogen and oxygen atoms in total. The molecule has 0 saturated heterocycles. The Hall–Kier alpha value is -2.69. The van der Waals surface area contributed by atoms with Crippen LogP contribution in [0.25, 0.3) is 16.6 Å². The van der Waals surface area contributed by atoms with Crippen LogP contribution in [-0.4, -0.2) is 23.4 Å². The highest BCUT2D eigenvalue weighted by Crippen LogP contribution is 2.50. The Labute approximate surface area is 184 Å². The van der Waals surface area contributed by atoms with Crippen molar-refractivity contribution in [2.45, 2.75) is 10.9 Å². The summed E-state index contributed by atoms with van der Waals surface area (Å²) >= 11 is 7.88. The Morgan fingerprint density at radius 2 is 1.70 bits per heavy atom. The van der Waals surface area contributed by atoms with Gasteiger partial charge in [0.1, 0.15) is 0 Å². The molecule has 0 saturated carbocycles. The summed E-state index contributed by atoms with van der Waals surface area (Å²) in [6, 6.07) is 26.6. The molecular formula is C25H20ClNO2S. The lowest BCUT2D eigenvalue weighted by Gasteiger charge is -2.31. The van der Waals surface area contributed by atoms with Gasteiger partial charge in [-0.2, -0.15) is 0 Å². The number of carbonyl (C=O) groups is 1. The van der Waals surface area contributed by atoms with Crippen molar-refractivity contribution >= 4 is 40.2 Å². The molecule has 0 radical (unpaired) electrons. The summed E-state index contributed by atoms with van der Waals surface area (Å²) in [5, 5.41) is 3.03. The van der Waals surface area contributed by atoms with Gasteiger partial charge in [0.05, 0.1) is 23.6 Å². The fourth-order valence-corrected chi connectivity index (χ4v) is 5.93. The summed E-state index contributed by atoms with van der Waals surface area (Å²) < 4.78 is 7.51. The van der Waals surface area contributed by atoms with Gasteiger partial charge in [0, 0.05) is 33.3 Å². The Balaban J connectivity index is 1.81. The highest BCUT2D eigenvalue weighted by molar-refractivity contribution is 7.99. The molecule has 1 aromatic heterocycles. The van der Waals surface area contributed by atoms with Crippen LogP contribution in [0.5, 0.6) is 0 Å². The van der Waals surface area contributed by atoms with E-state index in [4.69, 9.17) is 16.3 Å². The number of thioether (sulfide) groups is 1. The number of benzene rings is 3. The number of methoxy groups -OCH3 is 1. The van der Waals surface area contributed by atoms with Crippen molar-refractivity contribution < 1.29 is 9.53 Å². The van der Waals surface area contributed by atoms with Gasteiger partial charge in [-0.15, -0.1) is 11.8 Å². The van der Waals surface area contributed by atoms with E-state index in [1.165, 1.54) is 17.7 Å². The van der Waals surface area contributed by atoms with Gasteiger partial charge in [-0.05, 0) is 35.9 Å². The topological polar surface area (TPSA) is 31.2 Å². The molecule has 30 heavy (non-hydrogen) atoms. The molecule has 3 aromatic carbocycles. The van der Waals surface area contributed by atoms with Gasteiger partial charge in [0.25, 0.3) is 0 Å². The second kappa shape index (κ2) is 7.86. The SMILES string of the molecule is COC(=O)[C@H]1CSc2c(c3ccccc3n2-c2ccccc2)[C@@H]1c1ccc(Cl)cc1. The smallest absolute Gasteiger partial charge is 0.310 e. The largest absolute Gasteiger partial charge is 0.469 e. The van der Waals surface area contributed by atoms with Crippen molar-refractivity contribution in [1.82, 2.24) is 4.57 Å². The first-order valence-corrected chi connectivity index (χ1v) is 11.2. The van der Waals surface area contributed by atoms with Crippen molar-refractivity contribution in [2.24, 2.45) is 5.92 Å². The molecule has 5 rings (SSSR count). The summed E-state index contributed by atoms with van der Waals surface area (Å²) in [6.07, 6.45) is 0. The van der Waals surface area contributed by atoms with E-state index in [2.05, 4.69) is 53.1 Å². The van der Waals surface area contributed by atoms with E-state index in [1.807, 2.05) is 30.3 Å². The first-order chi connectivity index (χ1) is 14.7. The zero-order valence-corrected chi connectivity index (χ0v) is 18.0. The Bertz CT molecular complexity index is 1220. The van der Waals surface area contributed by atoms with Crippen LogP contribution in [-0.2, 0) is 9.53 Å². The van der Waals surface area contributed by atoms with Crippen molar-refractivity contribution in [1.29, 1.82) is 0 Å². The molecule has 0 aliphatic carbocycles. The first-order valence-electron chi connectivity index (χ1n) is 9.84. The van der Waals surface area contributed by atoms with Crippen LogP contribution in [0, 0.1) is 5.92 Å². The summed E-state index contributed by atoms with van der Waals surface area (Å²) in [5.74, 6) is 0.130. The summed E-state index contributed by atoms with van der Waals surface area (Å²) in [4.78, 5) is 12.8. The molecule has 0 amide bonds. The normalized spacial score (nSPS) is 18.2. The highest BCUT2D eigenvalue weighted by Gasteiger charge is 2.40. The van der Waals surface area contributed by atoms with Gasteiger partial charge in [-0.25, -0.2) is 0 Å². The van der Waals surface area contributed by atoms with E-state index in [0.717, 1.165) is 22.2 Å². The number of esters is 1. The van der Waals surface area contributed by atoms with Crippen molar-refractivity contribution in [3.05, 3.63) is 95.0 Å². The molecular weight excluding hydrogens is 414 g/mol. The van der Waals surface area contributed by atoms with Crippen molar-refractivity contribution in [3.8, 4) is 5.69 Å². The second-order valence-electron chi connectivity index (χ2n) is 7.38. The van der Waals surface area contributed by atoms with Gasteiger partial charge in [0.2, 0.25) is 0 Å². The van der Waals surface area contributed by atoms with Gasteiger partial charge in [0.15, 0.2) is 0 Å². The van der Waals surface area contributed by atoms with Crippen LogP contribution in [0.3, 0.4) is 0 Å². The average Bonchev–Trinajstić information content (AvgIpc) is 3.13. The number of rotatable bonds is 3. The van der Waals surface area contributed by atoms with Crippen LogP contribution in [0.2, 0.25) is 5.02 Å². The molecule has 1 aliphatic heterocycles. The second-order valence-corrected chi connectivity index (χ2v) is 8.82. The minimum absolute atomic E-state index is 0.0965.